The van der Waals surface area contributed by atoms with Crippen molar-refractivity contribution < 1.29 is 4.52 Å². The van der Waals surface area contributed by atoms with Crippen molar-refractivity contribution in [1.82, 2.24) is 10.5 Å². The molecule has 1 aromatic heterocycles. The molecule has 96 valence electrons. The molecule has 0 fully saturated rings. The van der Waals surface area contributed by atoms with Crippen LogP contribution in [0.1, 0.15) is 12.6 Å². The van der Waals surface area contributed by atoms with Crippen LogP contribution < -0.4 is 5.32 Å². The van der Waals surface area contributed by atoms with Gasteiger partial charge in [0.15, 0.2) is 5.76 Å². The molecule has 2 aromatic carbocycles. The van der Waals surface area contributed by atoms with Crippen LogP contribution in [0, 0.1) is 0 Å². The summed E-state index contributed by atoms with van der Waals surface area (Å²) in [5.41, 5.74) is 2.03. The van der Waals surface area contributed by atoms with E-state index in [2.05, 4.69) is 41.7 Å². The van der Waals surface area contributed by atoms with Gasteiger partial charge in [-0.05, 0) is 17.3 Å². The van der Waals surface area contributed by atoms with Crippen molar-refractivity contribution in [2.75, 3.05) is 6.54 Å². The highest BCUT2D eigenvalue weighted by atomic mass is 16.5. The second kappa shape index (κ2) is 5.24. The van der Waals surface area contributed by atoms with Crippen LogP contribution in [0.5, 0.6) is 0 Å². The Balaban J connectivity index is 2.02. The fraction of sp³-hybridized carbons (Fsp3) is 0.188. The highest BCUT2D eigenvalue weighted by Crippen LogP contribution is 2.28. The standard InChI is InChI=1S/C16H16N2O/c1-2-17-11-13-10-16(19-18-13)15-9-5-7-12-6-3-4-8-14(12)15/h3-10,17H,2,11H2,1H3. The van der Waals surface area contributed by atoms with Gasteiger partial charge in [-0.25, -0.2) is 0 Å². The minimum absolute atomic E-state index is 0.741. The molecule has 0 aliphatic heterocycles. The van der Waals surface area contributed by atoms with E-state index in [4.69, 9.17) is 4.52 Å². The number of hydrogen-bond donors (Lipinski definition) is 1. The second-order valence-corrected chi connectivity index (χ2v) is 4.49. The minimum Gasteiger partial charge on any atom is -0.356 e. The van der Waals surface area contributed by atoms with Crippen molar-refractivity contribution in [1.29, 1.82) is 0 Å². The van der Waals surface area contributed by atoms with Crippen molar-refractivity contribution >= 4 is 10.8 Å². The zero-order valence-electron chi connectivity index (χ0n) is 10.9. The Labute approximate surface area is 112 Å². The summed E-state index contributed by atoms with van der Waals surface area (Å²) in [5, 5.41) is 9.75. The predicted molar refractivity (Wildman–Crippen MR) is 76.8 cm³/mol. The summed E-state index contributed by atoms with van der Waals surface area (Å²) in [4.78, 5) is 0. The van der Waals surface area contributed by atoms with Crippen LogP contribution in [-0.2, 0) is 6.54 Å². The molecule has 0 aliphatic carbocycles. The average molecular weight is 252 g/mol. The first-order valence-electron chi connectivity index (χ1n) is 6.53. The first-order valence-corrected chi connectivity index (χ1v) is 6.53. The molecule has 0 atom stereocenters. The minimum atomic E-state index is 0.741. The lowest BCUT2D eigenvalue weighted by molar-refractivity contribution is 0.421. The number of nitrogens with one attached hydrogen (secondary N) is 1. The third kappa shape index (κ3) is 2.37. The Morgan fingerprint density at radius 2 is 1.95 bits per heavy atom. The van der Waals surface area contributed by atoms with E-state index in [1.54, 1.807) is 0 Å². The summed E-state index contributed by atoms with van der Waals surface area (Å²) in [6.45, 7) is 3.74. The number of rotatable bonds is 4. The molecule has 0 unspecified atom stereocenters. The summed E-state index contributed by atoms with van der Waals surface area (Å²) in [7, 11) is 0. The van der Waals surface area contributed by atoms with Crippen molar-refractivity contribution in [3.8, 4) is 11.3 Å². The number of hydrogen-bond acceptors (Lipinski definition) is 3. The summed E-state index contributed by atoms with van der Waals surface area (Å²) >= 11 is 0. The Kier molecular flexibility index (Phi) is 3.29. The van der Waals surface area contributed by atoms with Crippen molar-refractivity contribution in [3.05, 3.63) is 54.2 Å². The van der Waals surface area contributed by atoms with Gasteiger partial charge < -0.3 is 9.84 Å². The number of nitrogens with zero attached hydrogens (tertiary/aromatic N) is 1. The van der Waals surface area contributed by atoms with Crippen LogP contribution in [0.3, 0.4) is 0 Å². The molecule has 0 saturated carbocycles. The SMILES string of the molecule is CCNCc1cc(-c2cccc3ccccc23)on1. The molecule has 0 amide bonds. The van der Waals surface area contributed by atoms with Gasteiger partial charge in [0.1, 0.15) is 0 Å². The monoisotopic (exact) mass is 252 g/mol. The Hall–Kier alpha value is -2.13. The van der Waals surface area contributed by atoms with Gasteiger partial charge in [0.25, 0.3) is 0 Å². The van der Waals surface area contributed by atoms with E-state index >= 15 is 0 Å². The van der Waals surface area contributed by atoms with E-state index < -0.39 is 0 Å². The van der Waals surface area contributed by atoms with Crippen molar-refractivity contribution in [2.24, 2.45) is 0 Å². The first-order chi connectivity index (χ1) is 9.38. The smallest absolute Gasteiger partial charge is 0.167 e. The van der Waals surface area contributed by atoms with Crippen molar-refractivity contribution in [3.63, 3.8) is 0 Å². The molecule has 3 aromatic rings. The average Bonchev–Trinajstić information content (AvgIpc) is 2.93. The molecular formula is C16H16N2O. The fourth-order valence-corrected chi connectivity index (χ4v) is 2.22. The number of fused-ring (bicyclic) bond motifs is 1. The molecule has 3 heteroatoms. The van der Waals surface area contributed by atoms with Crippen molar-refractivity contribution in [2.45, 2.75) is 13.5 Å². The summed E-state index contributed by atoms with van der Waals surface area (Å²) in [5.74, 6) is 0.824. The zero-order valence-corrected chi connectivity index (χ0v) is 10.9. The van der Waals surface area contributed by atoms with Crippen LogP contribution in [0.15, 0.2) is 53.1 Å². The maximum atomic E-state index is 5.47. The largest absolute Gasteiger partial charge is 0.356 e. The lowest BCUT2D eigenvalue weighted by Gasteiger charge is -2.02. The molecule has 3 rings (SSSR count). The molecule has 0 aliphatic rings. The van der Waals surface area contributed by atoms with E-state index in [1.807, 2.05) is 24.3 Å². The van der Waals surface area contributed by atoms with Gasteiger partial charge in [-0.15, -0.1) is 0 Å². The third-order valence-electron chi connectivity index (χ3n) is 3.17. The van der Waals surface area contributed by atoms with Crippen LogP contribution >= 0.6 is 0 Å². The molecule has 1 heterocycles. The summed E-state index contributed by atoms with van der Waals surface area (Å²) < 4.78 is 5.47. The number of aromatic nitrogens is 1. The van der Waals surface area contributed by atoms with Gasteiger partial charge >= 0.3 is 0 Å². The van der Waals surface area contributed by atoms with Crippen LogP contribution in [0.2, 0.25) is 0 Å². The molecule has 3 nitrogen and oxygen atoms in total. The highest BCUT2D eigenvalue weighted by Gasteiger charge is 2.09. The lowest BCUT2D eigenvalue weighted by atomic mass is 10.0. The zero-order chi connectivity index (χ0) is 13.1. The molecule has 0 bridgehead atoms. The van der Waals surface area contributed by atoms with E-state index in [0.29, 0.717) is 0 Å². The van der Waals surface area contributed by atoms with Gasteiger partial charge in [-0.1, -0.05) is 54.5 Å². The van der Waals surface area contributed by atoms with Gasteiger partial charge in [0.05, 0.1) is 5.69 Å². The van der Waals surface area contributed by atoms with Gasteiger partial charge in [0.2, 0.25) is 0 Å². The molecule has 19 heavy (non-hydrogen) atoms. The topological polar surface area (TPSA) is 38.1 Å². The lowest BCUT2D eigenvalue weighted by Crippen LogP contribution is -2.11. The van der Waals surface area contributed by atoms with E-state index in [0.717, 1.165) is 30.1 Å². The molecule has 0 saturated heterocycles. The predicted octanol–water partition coefficient (Wildman–Crippen LogP) is 3.60. The fourth-order valence-electron chi connectivity index (χ4n) is 2.22. The van der Waals surface area contributed by atoms with Crippen LogP contribution in [0.25, 0.3) is 22.1 Å². The normalized spacial score (nSPS) is 11.0. The number of benzene rings is 2. The van der Waals surface area contributed by atoms with E-state index in [9.17, 15) is 0 Å². The highest BCUT2D eigenvalue weighted by molar-refractivity contribution is 5.95. The van der Waals surface area contributed by atoms with E-state index in [-0.39, 0.29) is 0 Å². The van der Waals surface area contributed by atoms with Gasteiger partial charge in [-0.3, -0.25) is 0 Å². The van der Waals surface area contributed by atoms with Crippen LogP contribution in [0.4, 0.5) is 0 Å². The molecule has 0 radical (unpaired) electrons. The third-order valence-corrected chi connectivity index (χ3v) is 3.17. The van der Waals surface area contributed by atoms with Gasteiger partial charge in [-0.2, -0.15) is 0 Å². The second-order valence-electron chi connectivity index (χ2n) is 4.49. The van der Waals surface area contributed by atoms with Gasteiger partial charge in [0, 0.05) is 18.2 Å². The molecule has 0 spiro atoms. The maximum absolute atomic E-state index is 5.47. The Morgan fingerprint density at radius 3 is 2.84 bits per heavy atom. The summed E-state index contributed by atoms with van der Waals surface area (Å²) in [6.07, 6.45) is 0. The van der Waals surface area contributed by atoms with E-state index in [1.165, 1.54) is 10.8 Å². The molecular weight excluding hydrogens is 236 g/mol. The first kappa shape index (κ1) is 11.9. The summed E-state index contributed by atoms with van der Waals surface area (Å²) in [6, 6.07) is 16.5. The Bertz CT molecular complexity index is 683. The maximum Gasteiger partial charge on any atom is 0.167 e. The quantitative estimate of drug-likeness (QED) is 0.771. The van der Waals surface area contributed by atoms with Crippen LogP contribution in [-0.4, -0.2) is 11.7 Å². The molecule has 1 N–H and O–H groups in total. The Morgan fingerprint density at radius 1 is 1.11 bits per heavy atom.